The first-order valence-corrected chi connectivity index (χ1v) is 12.1. The largest absolute Gasteiger partial charge is 0.481 e. The van der Waals surface area contributed by atoms with Crippen LogP contribution in [0.4, 0.5) is 9.18 Å². The van der Waals surface area contributed by atoms with Gasteiger partial charge in [-0.1, -0.05) is 36.4 Å². The monoisotopic (exact) mass is 560 g/mol. The third-order valence-electron chi connectivity index (χ3n) is 5.43. The number of halogens is 1. The smallest absolute Gasteiger partial charge is 0.326 e. The normalized spacial score (nSPS) is 11.8. The number of hydrogen-bond donors (Lipinski definition) is 6. The van der Waals surface area contributed by atoms with Crippen LogP contribution in [0.25, 0.3) is 11.1 Å². The molecule has 0 unspecified atom stereocenters. The number of benzene rings is 2. The minimum absolute atomic E-state index is 0.0370. The number of carboxylic acids is 2. The van der Waals surface area contributed by atoms with Crippen molar-refractivity contribution in [1.82, 2.24) is 21.3 Å². The van der Waals surface area contributed by atoms with Gasteiger partial charge in [-0.3, -0.25) is 19.2 Å². The molecular formula is C26H29FN4O9. The van der Waals surface area contributed by atoms with Gasteiger partial charge in [0.25, 0.3) is 12.4 Å². The number of carbonyl (C=O) groups is 6. The van der Waals surface area contributed by atoms with Crippen molar-refractivity contribution in [2.24, 2.45) is 0 Å². The summed E-state index contributed by atoms with van der Waals surface area (Å²) in [7, 11) is 0. The summed E-state index contributed by atoms with van der Waals surface area (Å²) >= 11 is 0. The lowest BCUT2D eigenvalue weighted by Gasteiger charge is -2.19. The van der Waals surface area contributed by atoms with Crippen molar-refractivity contribution >= 4 is 36.3 Å². The second kappa shape index (κ2) is 16.1. The van der Waals surface area contributed by atoms with E-state index in [0.717, 1.165) is 5.56 Å². The lowest BCUT2D eigenvalue weighted by molar-refractivity contribution is -0.141. The summed E-state index contributed by atoms with van der Waals surface area (Å²) in [5.74, 6) is -4.62. The van der Waals surface area contributed by atoms with Crippen molar-refractivity contribution in [2.45, 2.75) is 38.0 Å². The molecule has 0 spiro atoms. The van der Waals surface area contributed by atoms with Crippen LogP contribution in [-0.4, -0.2) is 71.8 Å². The Labute approximate surface area is 228 Å². The van der Waals surface area contributed by atoms with E-state index in [9.17, 15) is 33.2 Å². The van der Waals surface area contributed by atoms with Gasteiger partial charge in [-0.05, 0) is 36.1 Å². The van der Waals surface area contributed by atoms with E-state index in [0.29, 0.717) is 5.56 Å². The van der Waals surface area contributed by atoms with E-state index in [1.165, 1.54) is 12.1 Å². The number of carbonyl (C=O) groups excluding carboxylic acids is 4. The number of aliphatic carboxylic acids is 2. The molecule has 0 radical (unpaired) electrons. The fraction of sp³-hybridized carbons (Fsp3) is 0.308. The molecule has 2 aromatic carbocycles. The van der Waals surface area contributed by atoms with E-state index in [4.69, 9.17) is 14.9 Å². The number of amides is 4. The summed E-state index contributed by atoms with van der Waals surface area (Å²) in [5, 5.41) is 26.9. The number of rotatable bonds is 16. The van der Waals surface area contributed by atoms with Gasteiger partial charge < -0.3 is 36.2 Å². The van der Waals surface area contributed by atoms with Crippen molar-refractivity contribution in [3.8, 4) is 11.1 Å². The highest BCUT2D eigenvalue weighted by Crippen LogP contribution is 2.21. The lowest BCUT2D eigenvalue weighted by Crippen LogP contribution is -2.51. The minimum Gasteiger partial charge on any atom is -0.481 e. The highest BCUT2D eigenvalue weighted by Gasteiger charge is 2.22. The van der Waals surface area contributed by atoms with Crippen LogP contribution in [0.3, 0.4) is 0 Å². The lowest BCUT2D eigenvalue weighted by atomic mass is 10.0. The van der Waals surface area contributed by atoms with Gasteiger partial charge in [-0.15, -0.1) is 0 Å². The predicted octanol–water partition coefficient (Wildman–Crippen LogP) is 1.24. The second-order valence-corrected chi connectivity index (χ2v) is 8.39. The van der Waals surface area contributed by atoms with Crippen LogP contribution in [0, 0.1) is 5.82 Å². The van der Waals surface area contributed by atoms with Crippen LogP contribution in [0.5, 0.6) is 0 Å². The average molecular weight is 561 g/mol. The van der Waals surface area contributed by atoms with Gasteiger partial charge in [0.15, 0.2) is 6.23 Å². The van der Waals surface area contributed by atoms with Gasteiger partial charge in [0, 0.05) is 19.4 Å². The molecule has 14 heteroatoms. The molecule has 13 nitrogen and oxygen atoms in total. The summed E-state index contributed by atoms with van der Waals surface area (Å²) in [5.41, 5.74) is 1.26. The standard InChI is InChI=1S/C26H29FN4O9/c27-19-13-17(16-5-2-1-3-6-16)8-9-18(19)24(36)28-12-4-7-21(33)31-22(40-15-32)14-29-26(39)30-20(25(37)38)10-11-23(34)35/h1-3,5-6,8-9,13,15,20,22H,4,7,10-12,14H2,(H,28,36)(H,31,33)(H,34,35)(H,37,38)(H2,29,30,39)/t20-,22-/m0/s1. The zero-order chi connectivity index (χ0) is 29.5. The van der Waals surface area contributed by atoms with Gasteiger partial charge >= 0.3 is 18.0 Å². The first-order valence-electron chi connectivity index (χ1n) is 12.1. The van der Waals surface area contributed by atoms with Crippen LogP contribution in [0.1, 0.15) is 36.0 Å². The SMILES string of the molecule is O=CO[C@@H](CNC(=O)N[C@@H](CCC(=O)O)C(=O)O)NC(=O)CCCNC(=O)c1ccc(-c2ccccc2)cc1F. The summed E-state index contributed by atoms with van der Waals surface area (Å²) in [4.78, 5) is 69.0. The van der Waals surface area contributed by atoms with Crippen LogP contribution >= 0.6 is 0 Å². The quantitative estimate of drug-likeness (QED) is 0.0992. The Balaban J connectivity index is 1.76. The molecule has 0 aliphatic carbocycles. The molecule has 2 rings (SSSR count). The molecule has 40 heavy (non-hydrogen) atoms. The Bertz CT molecular complexity index is 1210. The van der Waals surface area contributed by atoms with E-state index >= 15 is 0 Å². The molecule has 0 bridgehead atoms. The van der Waals surface area contributed by atoms with Crippen molar-refractivity contribution in [2.75, 3.05) is 13.1 Å². The van der Waals surface area contributed by atoms with E-state index in [2.05, 4.69) is 21.3 Å². The Morgan fingerprint density at radius 3 is 2.27 bits per heavy atom. The number of urea groups is 1. The van der Waals surface area contributed by atoms with Crippen molar-refractivity contribution in [1.29, 1.82) is 0 Å². The molecule has 0 aliphatic heterocycles. The van der Waals surface area contributed by atoms with Gasteiger partial charge in [-0.25, -0.2) is 14.0 Å². The van der Waals surface area contributed by atoms with Crippen LogP contribution in [0.15, 0.2) is 48.5 Å². The van der Waals surface area contributed by atoms with Gasteiger partial charge in [0.1, 0.15) is 11.9 Å². The number of ether oxygens (including phenoxy) is 1. The maximum Gasteiger partial charge on any atom is 0.326 e. The Hall–Kier alpha value is -5.01. The number of carboxylic acid groups (broad SMARTS) is 2. The fourth-order valence-corrected chi connectivity index (χ4v) is 3.43. The topological polar surface area (TPSA) is 200 Å². The molecule has 6 N–H and O–H groups in total. The second-order valence-electron chi connectivity index (χ2n) is 8.39. The fourth-order valence-electron chi connectivity index (χ4n) is 3.43. The van der Waals surface area contributed by atoms with Crippen molar-refractivity contribution in [3.05, 3.63) is 59.9 Å². The number of hydrogen-bond acceptors (Lipinski definition) is 7. The average Bonchev–Trinajstić information content (AvgIpc) is 2.92. The minimum atomic E-state index is -1.47. The zero-order valence-corrected chi connectivity index (χ0v) is 21.2. The first kappa shape index (κ1) is 31.2. The molecule has 2 atom stereocenters. The summed E-state index contributed by atoms with van der Waals surface area (Å²) < 4.78 is 19.2. The number of nitrogens with one attached hydrogen (secondary N) is 4. The van der Waals surface area contributed by atoms with Gasteiger partial charge in [0.2, 0.25) is 5.91 Å². The van der Waals surface area contributed by atoms with E-state index in [1.54, 1.807) is 6.07 Å². The highest BCUT2D eigenvalue weighted by atomic mass is 19.1. The molecule has 0 saturated heterocycles. The van der Waals surface area contributed by atoms with Crippen LogP contribution in [0.2, 0.25) is 0 Å². The highest BCUT2D eigenvalue weighted by molar-refractivity contribution is 5.95. The van der Waals surface area contributed by atoms with Gasteiger partial charge in [-0.2, -0.15) is 0 Å². The molecule has 4 amide bonds. The molecule has 0 saturated carbocycles. The summed E-state index contributed by atoms with van der Waals surface area (Å²) in [6.07, 6.45) is -2.08. The molecule has 2 aromatic rings. The first-order chi connectivity index (χ1) is 19.1. The molecule has 0 aliphatic rings. The van der Waals surface area contributed by atoms with E-state index < -0.39 is 60.8 Å². The molecule has 0 fully saturated rings. The summed E-state index contributed by atoms with van der Waals surface area (Å²) in [6, 6.07) is 10.9. The van der Waals surface area contributed by atoms with Crippen LogP contribution < -0.4 is 21.3 Å². The predicted molar refractivity (Wildman–Crippen MR) is 137 cm³/mol. The maximum absolute atomic E-state index is 14.5. The molecule has 214 valence electrons. The Morgan fingerprint density at radius 1 is 0.925 bits per heavy atom. The van der Waals surface area contributed by atoms with Gasteiger partial charge in [0.05, 0.1) is 12.1 Å². The molecular weight excluding hydrogens is 531 g/mol. The third kappa shape index (κ3) is 10.8. The zero-order valence-electron chi connectivity index (χ0n) is 21.2. The Morgan fingerprint density at radius 2 is 1.65 bits per heavy atom. The molecule has 0 heterocycles. The third-order valence-corrected chi connectivity index (χ3v) is 5.43. The van der Waals surface area contributed by atoms with Crippen molar-refractivity contribution in [3.63, 3.8) is 0 Å². The summed E-state index contributed by atoms with van der Waals surface area (Å²) in [6.45, 7) is -0.342. The van der Waals surface area contributed by atoms with Crippen molar-refractivity contribution < 1.29 is 48.1 Å². The van der Waals surface area contributed by atoms with Crippen LogP contribution in [-0.2, 0) is 23.9 Å². The van der Waals surface area contributed by atoms with E-state index in [1.807, 2.05) is 30.3 Å². The molecule has 0 aromatic heterocycles. The Kier molecular flexibility index (Phi) is 12.5. The maximum atomic E-state index is 14.5. The van der Waals surface area contributed by atoms with E-state index in [-0.39, 0.29) is 37.8 Å².